The van der Waals surface area contributed by atoms with Gasteiger partial charge in [0.1, 0.15) is 0 Å². The number of aromatic nitrogens is 2. The molecule has 0 amide bonds. The second-order valence-corrected chi connectivity index (χ2v) is 2.18. The summed E-state index contributed by atoms with van der Waals surface area (Å²) in [5.41, 5.74) is 8.24. The summed E-state index contributed by atoms with van der Waals surface area (Å²) in [5, 5.41) is 0. The van der Waals surface area contributed by atoms with E-state index in [0.29, 0.717) is 0 Å². The smallest absolute Gasteiger partial charge is 0.0931 e. The second-order valence-electron chi connectivity index (χ2n) is 2.18. The number of nitrogen functional groups attached to an aromatic ring is 1. The Morgan fingerprint density at radius 1 is 1.25 bits per heavy atom. The van der Waals surface area contributed by atoms with Gasteiger partial charge in [-0.15, -0.1) is 24.8 Å². The molecule has 0 radical (unpaired) electrons. The molecule has 1 heterocycles. The van der Waals surface area contributed by atoms with E-state index in [1.165, 1.54) is 0 Å². The van der Waals surface area contributed by atoms with E-state index in [1.807, 2.05) is 18.2 Å². The number of imidazole rings is 1. The number of hydrogen-bond donors (Lipinski definition) is 2. The number of rotatable bonds is 0. The number of nitrogens with one attached hydrogen (secondary N) is 1. The predicted molar refractivity (Wildman–Crippen MR) is 55.0 cm³/mol. The van der Waals surface area contributed by atoms with Gasteiger partial charge in [0.25, 0.3) is 0 Å². The molecule has 2 rings (SSSR count). The van der Waals surface area contributed by atoms with Crippen molar-refractivity contribution in [1.29, 1.82) is 0 Å². The molecular formula is C7H9Cl2N3. The van der Waals surface area contributed by atoms with Crippen molar-refractivity contribution in [2.75, 3.05) is 5.73 Å². The number of anilines is 1. The zero-order chi connectivity index (χ0) is 6.97. The van der Waals surface area contributed by atoms with Crippen LogP contribution in [0.3, 0.4) is 0 Å². The van der Waals surface area contributed by atoms with Gasteiger partial charge in [-0.2, -0.15) is 0 Å². The average Bonchev–Trinajstić information content (AvgIpc) is 2.33. The van der Waals surface area contributed by atoms with Crippen molar-refractivity contribution in [3.8, 4) is 0 Å². The van der Waals surface area contributed by atoms with Crippen LogP contribution in [0.1, 0.15) is 0 Å². The summed E-state index contributed by atoms with van der Waals surface area (Å²) in [7, 11) is 0. The topological polar surface area (TPSA) is 54.7 Å². The fraction of sp³-hybridized carbons (Fsp3) is 0. The molecule has 0 bridgehead atoms. The molecular weight excluding hydrogens is 197 g/mol. The fourth-order valence-electron chi connectivity index (χ4n) is 0.953. The Bertz CT molecular complexity index is 358. The van der Waals surface area contributed by atoms with E-state index in [1.54, 1.807) is 6.33 Å². The highest BCUT2D eigenvalue weighted by Crippen LogP contribution is 2.11. The number of aromatic amines is 1. The molecule has 0 unspecified atom stereocenters. The van der Waals surface area contributed by atoms with Crippen molar-refractivity contribution in [3.63, 3.8) is 0 Å². The van der Waals surface area contributed by atoms with Crippen molar-refractivity contribution in [2.24, 2.45) is 0 Å². The fourth-order valence-corrected chi connectivity index (χ4v) is 0.953. The lowest BCUT2D eigenvalue weighted by atomic mass is 10.3. The quantitative estimate of drug-likeness (QED) is 0.647. The van der Waals surface area contributed by atoms with E-state index in [-0.39, 0.29) is 24.8 Å². The molecule has 0 aliphatic heterocycles. The Labute approximate surface area is 82.2 Å². The van der Waals surface area contributed by atoms with E-state index in [9.17, 15) is 0 Å². The minimum Gasteiger partial charge on any atom is -0.399 e. The third-order valence-corrected chi connectivity index (χ3v) is 1.44. The van der Waals surface area contributed by atoms with Gasteiger partial charge in [-0.25, -0.2) is 4.98 Å². The van der Waals surface area contributed by atoms with E-state index in [4.69, 9.17) is 5.73 Å². The summed E-state index contributed by atoms with van der Waals surface area (Å²) in [6, 6.07) is 5.59. The number of hydrogen-bond acceptors (Lipinski definition) is 2. The maximum atomic E-state index is 5.54. The largest absolute Gasteiger partial charge is 0.399 e. The Hall–Kier alpha value is -0.930. The molecule has 0 aliphatic carbocycles. The Balaban J connectivity index is 0.000000605. The van der Waals surface area contributed by atoms with Crippen molar-refractivity contribution in [3.05, 3.63) is 24.5 Å². The lowest BCUT2D eigenvalue weighted by molar-refractivity contribution is 1.34. The van der Waals surface area contributed by atoms with Crippen LogP contribution in [0, 0.1) is 0 Å². The molecule has 0 spiro atoms. The van der Waals surface area contributed by atoms with Crippen LogP contribution in [0.4, 0.5) is 5.69 Å². The van der Waals surface area contributed by atoms with Gasteiger partial charge in [0, 0.05) is 5.69 Å². The predicted octanol–water partition coefficient (Wildman–Crippen LogP) is 1.99. The van der Waals surface area contributed by atoms with Crippen LogP contribution in [-0.4, -0.2) is 9.97 Å². The zero-order valence-electron chi connectivity index (χ0n) is 6.15. The Morgan fingerprint density at radius 3 is 2.75 bits per heavy atom. The highest BCUT2D eigenvalue weighted by Gasteiger charge is 1.92. The molecule has 1 aromatic carbocycles. The number of H-pyrrole nitrogens is 1. The normalized spacial score (nSPS) is 8.67. The van der Waals surface area contributed by atoms with Crippen LogP contribution in [0.25, 0.3) is 11.0 Å². The lowest BCUT2D eigenvalue weighted by Gasteiger charge is -1.89. The highest BCUT2D eigenvalue weighted by molar-refractivity contribution is 5.85. The molecule has 0 atom stereocenters. The number of nitrogens with zero attached hydrogens (tertiary/aromatic N) is 1. The van der Waals surface area contributed by atoms with E-state index in [2.05, 4.69) is 9.97 Å². The summed E-state index contributed by atoms with van der Waals surface area (Å²) in [6.07, 6.45) is 1.66. The van der Waals surface area contributed by atoms with Crippen LogP contribution >= 0.6 is 24.8 Å². The van der Waals surface area contributed by atoms with Gasteiger partial charge in [-0.05, 0) is 18.2 Å². The van der Waals surface area contributed by atoms with Crippen LogP contribution in [0.5, 0.6) is 0 Å². The Morgan fingerprint density at radius 2 is 2.00 bits per heavy atom. The molecule has 2 aromatic rings. The summed E-state index contributed by atoms with van der Waals surface area (Å²) >= 11 is 0. The van der Waals surface area contributed by atoms with Gasteiger partial charge in [0.2, 0.25) is 0 Å². The van der Waals surface area contributed by atoms with E-state index >= 15 is 0 Å². The molecule has 0 saturated carbocycles. The van der Waals surface area contributed by atoms with Gasteiger partial charge in [-0.1, -0.05) is 0 Å². The van der Waals surface area contributed by atoms with Gasteiger partial charge >= 0.3 is 0 Å². The molecule has 12 heavy (non-hydrogen) atoms. The van der Waals surface area contributed by atoms with Crippen LogP contribution < -0.4 is 5.73 Å². The van der Waals surface area contributed by atoms with Crippen molar-refractivity contribution in [2.45, 2.75) is 0 Å². The first-order valence-electron chi connectivity index (χ1n) is 3.05. The molecule has 0 aliphatic rings. The minimum atomic E-state index is 0. The number of fused-ring (bicyclic) bond motifs is 1. The third-order valence-electron chi connectivity index (χ3n) is 1.44. The second kappa shape index (κ2) is 4.18. The first-order valence-corrected chi connectivity index (χ1v) is 3.05. The SMILES string of the molecule is Cl.Cl.Nc1ccc2nc[nH]c2c1. The van der Waals surface area contributed by atoms with Crippen molar-refractivity contribution in [1.82, 2.24) is 9.97 Å². The first-order chi connectivity index (χ1) is 4.86. The van der Waals surface area contributed by atoms with E-state index < -0.39 is 0 Å². The first kappa shape index (κ1) is 11.1. The van der Waals surface area contributed by atoms with Crippen molar-refractivity contribution >= 4 is 41.5 Å². The molecule has 3 nitrogen and oxygen atoms in total. The highest BCUT2D eigenvalue weighted by atomic mass is 35.5. The summed E-state index contributed by atoms with van der Waals surface area (Å²) in [4.78, 5) is 7.02. The maximum Gasteiger partial charge on any atom is 0.0931 e. The molecule has 1 aromatic heterocycles. The van der Waals surface area contributed by atoms with Crippen LogP contribution in [0.15, 0.2) is 24.5 Å². The van der Waals surface area contributed by atoms with Crippen LogP contribution in [0.2, 0.25) is 0 Å². The molecule has 66 valence electrons. The molecule has 5 heteroatoms. The minimum absolute atomic E-state index is 0. The van der Waals surface area contributed by atoms with Crippen LogP contribution in [-0.2, 0) is 0 Å². The summed E-state index contributed by atoms with van der Waals surface area (Å²) < 4.78 is 0. The standard InChI is InChI=1S/C7H7N3.2ClH/c8-5-1-2-6-7(3-5)10-4-9-6;;/h1-4H,8H2,(H,9,10);2*1H. The van der Waals surface area contributed by atoms with Gasteiger partial charge in [0.15, 0.2) is 0 Å². The molecule has 3 N–H and O–H groups in total. The monoisotopic (exact) mass is 205 g/mol. The van der Waals surface area contributed by atoms with E-state index in [0.717, 1.165) is 16.7 Å². The van der Waals surface area contributed by atoms with Crippen molar-refractivity contribution < 1.29 is 0 Å². The van der Waals surface area contributed by atoms with Gasteiger partial charge < -0.3 is 10.7 Å². The number of benzene rings is 1. The molecule has 0 fully saturated rings. The maximum absolute atomic E-state index is 5.54. The summed E-state index contributed by atoms with van der Waals surface area (Å²) in [5.74, 6) is 0. The third kappa shape index (κ3) is 1.81. The Kier molecular flexibility index (Phi) is 3.86. The number of nitrogens with two attached hydrogens (primary N) is 1. The average molecular weight is 206 g/mol. The zero-order valence-corrected chi connectivity index (χ0v) is 7.78. The molecule has 0 saturated heterocycles. The van der Waals surface area contributed by atoms with Gasteiger partial charge in [0.05, 0.1) is 17.4 Å². The lowest BCUT2D eigenvalue weighted by Crippen LogP contribution is -1.82. The number of halogens is 2. The summed E-state index contributed by atoms with van der Waals surface area (Å²) in [6.45, 7) is 0. The van der Waals surface area contributed by atoms with Gasteiger partial charge in [-0.3, -0.25) is 0 Å².